The molecule has 0 aliphatic carbocycles. The van der Waals surface area contributed by atoms with Crippen LogP contribution in [0.3, 0.4) is 0 Å². The van der Waals surface area contributed by atoms with Gasteiger partial charge in [-0.05, 0) is 29.8 Å². The molecule has 0 saturated carbocycles. The Balaban J connectivity index is 1.56. The number of hydrogen-bond donors (Lipinski definition) is 3. The summed E-state index contributed by atoms with van der Waals surface area (Å²) >= 11 is 7.06. The van der Waals surface area contributed by atoms with Crippen LogP contribution in [0, 0.1) is 0 Å². The molecule has 2 aromatic carbocycles. The zero-order chi connectivity index (χ0) is 22.2. The molecule has 1 aromatic heterocycles. The Morgan fingerprint density at radius 3 is 2.84 bits per heavy atom. The van der Waals surface area contributed by atoms with Gasteiger partial charge in [-0.1, -0.05) is 35.5 Å². The number of thioether (sulfide) groups is 1. The minimum atomic E-state index is -0.270. The van der Waals surface area contributed by atoms with Crippen LogP contribution in [-0.2, 0) is 4.79 Å². The van der Waals surface area contributed by atoms with E-state index in [0.29, 0.717) is 27.4 Å². The Kier molecular flexibility index (Phi) is 7.57. The highest BCUT2D eigenvalue weighted by atomic mass is 35.5. The minimum Gasteiger partial charge on any atom is -0.497 e. The molecule has 0 fully saturated rings. The van der Waals surface area contributed by atoms with Gasteiger partial charge in [-0.15, -0.1) is 10.2 Å². The lowest BCUT2D eigenvalue weighted by atomic mass is 10.2. The molecule has 3 rings (SSSR count). The number of aromatic nitrogens is 3. The van der Waals surface area contributed by atoms with E-state index in [1.165, 1.54) is 11.8 Å². The van der Waals surface area contributed by atoms with Crippen molar-refractivity contribution in [1.29, 1.82) is 0 Å². The molecule has 0 aliphatic rings. The van der Waals surface area contributed by atoms with E-state index in [2.05, 4.69) is 26.0 Å². The number of amides is 1. The molecule has 12 heteroatoms. The third kappa shape index (κ3) is 6.03. The second kappa shape index (κ2) is 10.5. The first-order chi connectivity index (χ1) is 15.0. The number of rotatable bonds is 9. The van der Waals surface area contributed by atoms with Gasteiger partial charge in [-0.3, -0.25) is 4.79 Å². The molecule has 3 aromatic rings. The summed E-state index contributed by atoms with van der Waals surface area (Å²) < 4.78 is 11.6. The first kappa shape index (κ1) is 22.2. The molecule has 0 unspecified atom stereocenters. The maximum atomic E-state index is 12.4. The third-order valence-corrected chi connectivity index (χ3v) is 5.08. The van der Waals surface area contributed by atoms with Crippen LogP contribution in [0.4, 0.5) is 11.6 Å². The van der Waals surface area contributed by atoms with Crippen LogP contribution in [-0.4, -0.2) is 47.0 Å². The fourth-order valence-corrected chi connectivity index (χ4v) is 3.29. The maximum Gasteiger partial charge on any atom is 0.264 e. The number of nitrogens with one attached hydrogen (secondary N) is 2. The largest absolute Gasteiger partial charge is 0.497 e. The number of nitrogens with zero attached hydrogens (tertiary/aromatic N) is 4. The molecule has 162 valence electrons. The number of carbonyl (C=O) groups excluding carboxylic acids is 1. The number of hydrogen-bond acceptors (Lipinski definition) is 9. The predicted molar refractivity (Wildman–Crippen MR) is 122 cm³/mol. The molecule has 1 amide bonds. The molecule has 31 heavy (non-hydrogen) atoms. The van der Waals surface area contributed by atoms with E-state index in [1.54, 1.807) is 43.7 Å². The number of nitrogen functional groups attached to an aromatic ring is 1. The Morgan fingerprint density at radius 1 is 1.26 bits per heavy atom. The molecule has 10 nitrogen and oxygen atoms in total. The Hall–Kier alpha value is -3.44. The predicted octanol–water partition coefficient (Wildman–Crippen LogP) is 2.84. The van der Waals surface area contributed by atoms with Crippen molar-refractivity contribution in [2.24, 2.45) is 5.10 Å². The molecular weight excluding hydrogens is 442 g/mol. The summed E-state index contributed by atoms with van der Waals surface area (Å²) in [5, 5.41) is 15.7. The quantitative estimate of drug-likeness (QED) is 0.192. The third-order valence-electron chi connectivity index (χ3n) is 3.90. The summed E-state index contributed by atoms with van der Waals surface area (Å²) in [5.41, 5.74) is 4.01. The van der Waals surface area contributed by atoms with Gasteiger partial charge in [0.25, 0.3) is 5.95 Å². The van der Waals surface area contributed by atoms with E-state index in [1.807, 2.05) is 12.1 Å². The molecule has 0 bridgehead atoms. The van der Waals surface area contributed by atoms with Crippen LogP contribution in [0.2, 0.25) is 5.02 Å². The number of halogens is 1. The summed E-state index contributed by atoms with van der Waals surface area (Å²) in [5.74, 6) is 7.09. The topological polar surface area (TPSA) is 129 Å². The fourth-order valence-electron chi connectivity index (χ4n) is 2.43. The maximum absolute atomic E-state index is 12.4. The number of benzene rings is 2. The number of nitrogens with two attached hydrogens (primary N) is 1. The first-order valence-electron chi connectivity index (χ1n) is 8.90. The lowest BCUT2D eigenvalue weighted by molar-refractivity contribution is -0.113. The van der Waals surface area contributed by atoms with Crippen molar-refractivity contribution in [2.45, 2.75) is 5.16 Å². The van der Waals surface area contributed by atoms with Crippen LogP contribution in [0.15, 0.2) is 52.7 Å². The summed E-state index contributed by atoms with van der Waals surface area (Å²) in [4.78, 5) is 12.4. The minimum absolute atomic E-state index is 0.0570. The number of anilines is 2. The number of carbonyl (C=O) groups is 1. The van der Waals surface area contributed by atoms with E-state index in [0.717, 1.165) is 17.3 Å². The molecule has 4 N–H and O–H groups in total. The van der Waals surface area contributed by atoms with Crippen LogP contribution in [0.25, 0.3) is 0 Å². The molecule has 1 heterocycles. The monoisotopic (exact) mass is 461 g/mol. The average molecular weight is 462 g/mol. The highest BCUT2D eigenvalue weighted by molar-refractivity contribution is 7.99. The van der Waals surface area contributed by atoms with Gasteiger partial charge in [-0.25, -0.2) is 10.1 Å². The Labute approximate surface area is 187 Å². The van der Waals surface area contributed by atoms with E-state index >= 15 is 0 Å². The highest BCUT2D eigenvalue weighted by Gasteiger charge is 2.14. The normalized spacial score (nSPS) is 10.8. The van der Waals surface area contributed by atoms with Crippen molar-refractivity contribution >= 4 is 47.1 Å². The van der Waals surface area contributed by atoms with E-state index < -0.39 is 0 Å². The van der Waals surface area contributed by atoms with Crippen molar-refractivity contribution in [1.82, 2.24) is 14.9 Å². The van der Waals surface area contributed by atoms with Gasteiger partial charge in [0.2, 0.25) is 11.1 Å². The van der Waals surface area contributed by atoms with Gasteiger partial charge in [0.15, 0.2) is 0 Å². The average Bonchev–Trinajstić information content (AvgIpc) is 3.11. The fraction of sp³-hybridized carbons (Fsp3) is 0.158. The van der Waals surface area contributed by atoms with Gasteiger partial charge in [0.1, 0.15) is 11.5 Å². The van der Waals surface area contributed by atoms with Gasteiger partial charge in [0.05, 0.1) is 31.9 Å². The molecular formula is C19H20ClN7O3S. The smallest absolute Gasteiger partial charge is 0.264 e. The van der Waals surface area contributed by atoms with Crippen molar-refractivity contribution in [2.75, 3.05) is 36.6 Å². The summed E-state index contributed by atoms with van der Waals surface area (Å²) in [7, 11) is 3.06. The van der Waals surface area contributed by atoms with E-state index in [-0.39, 0.29) is 17.6 Å². The Morgan fingerprint density at radius 2 is 2.10 bits per heavy atom. The lowest BCUT2D eigenvalue weighted by Gasteiger charge is -2.11. The van der Waals surface area contributed by atoms with Crippen molar-refractivity contribution < 1.29 is 14.3 Å². The molecule has 0 spiro atoms. The van der Waals surface area contributed by atoms with Gasteiger partial charge in [-0.2, -0.15) is 5.10 Å². The molecule has 0 radical (unpaired) electrons. The highest BCUT2D eigenvalue weighted by Crippen LogP contribution is 2.29. The summed E-state index contributed by atoms with van der Waals surface area (Å²) in [6.45, 7) is 0. The van der Waals surface area contributed by atoms with Gasteiger partial charge in [0, 0.05) is 11.1 Å². The van der Waals surface area contributed by atoms with Gasteiger partial charge < -0.3 is 20.6 Å². The lowest BCUT2D eigenvalue weighted by Crippen LogP contribution is -2.17. The van der Waals surface area contributed by atoms with Gasteiger partial charge >= 0.3 is 0 Å². The van der Waals surface area contributed by atoms with Crippen LogP contribution in [0.1, 0.15) is 5.56 Å². The van der Waals surface area contributed by atoms with Crippen LogP contribution < -0.4 is 26.1 Å². The second-order valence-corrected chi connectivity index (χ2v) is 7.38. The molecule has 0 aliphatic heterocycles. The van der Waals surface area contributed by atoms with Crippen LogP contribution >= 0.6 is 23.4 Å². The van der Waals surface area contributed by atoms with Crippen molar-refractivity contribution in [3.05, 3.63) is 53.1 Å². The zero-order valence-corrected chi connectivity index (χ0v) is 18.3. The molecule has 0 atom stereocenters. The standard InChI is InChI=1S/C19H20ClN7O3S/c1-29-14-6-7-16(30-2)15(9-14)23-17(28)11-31-19-26-25-18(27(19)21)24-22-10-12-4-3-5-13(20)8-12/h3-10H,11,21H2,1-2H3,(H,23,28)(H,24,25)/b22-10+. The zero-order valence-electron chi connectivity index (χ0n) is 16.7. The van der Waals surface area contributed by atoms with Crippen LogP contribution in [0.5, 0.6) is 11.5 Å². The molecule has 0 saturated heterocycles. The Bertz CT molecular complexity index is 1090. The van der Waals surface area contributed by atoms with E-state index in [4.69, 9.17) is 26.9 Å². The second-order valence-electron chi connectivity index (χ2n) is 6.00. The summed E-state index contributed by atoms with van der Waals surface area (Å²) in [6, 6.07) is 12.3. The number of methoxy groups -OCH3 is 2. The van der Waals surface area contributed by atoms with Crippen molar-refractivity contribution in [3.63, 3.8) is 0 Å². The number of hydrazone groups is 1. The summed E-state index contributed by atoms with van der Waals surface area (Å²) in [6.07, 6.45) is 1.57. The van der Waals surface area contributed by atoms with Crippen molar-refractivity contribution in [3.8, 4) is 11.5 Å². The first-order valence-corrected chi connectivity index (χ1v) is 10.3. The van der Waals surface area contributed by atoms with E-state index in [9.17, 15) is 4.79 Å². The number of ether oxygens (including phenoxy) is 2. The SMILES string of the molecule is COc1ccc(OC)c(NC(=O)CSc2nnc(N/N=C/c3cccc(Cl)c3)n2N)c1.